The largest absolute Gasteiger partial charge is 0.316 e. The fourth-order valence-electron chi connectivity index (χ4n) is 2.12. The van der Waals surface area contributed by atoms with E-state index in [-0.39, 0.29) is 0 Å². The van der Waals surface area contributed by atoms with Gasteiger partial charge in [0, 0.05) is 16.2 Å². The van der Waals surface area contributed by atoms with Gasteiger partial charge < -0.3 is 5.32 Å². The maximum Gasteiger partial charge on any atom is 0.0603 e. The van der Waals surface area contributed by atoms with Crippen LogP contribution in [0.25, 0.3) is 0 Å². The molecule has 1 aliphatic rings. The van der Waals surface area contributed by atoms with E-state index in [9.17, 15) is 0 Å². The quantitative estimate of drug-likeness (QED) is 0.886. The Hall–Kier alpha value is 0.110. The molecule has 2 rings (SSSR count). The van der Waals surface area contributed by atoms with E-state index < -0.39 is 0 Å². The number of hydrogen-bond donors (Lipinski definition) is 1. The van der Waals surface area contributed by atoms with Crippen molar-refractivity contribution in [3.8, 4) is 0 Å². The molecule has 1 aromatic rings. The lowest BCUT2D eigenvalue weighted by Crippen LogP contribution is -2.30. The van der Waals surface area contributed by atoms with Crippen LogP contribution in [-0.2, 0) is 0 Å². The summed E-state index contributed by atoms with van der Waals surface area (Å²) in [6.07, 6.45) is 3.86. The maximum atomic E-state index is 6.01. The van der Waals surface area contributed by atoms with Crippen LogP contribution in [0.3, 0.4) is 0 Å². The molecular weight excluding hydrogens is 261 g/mol. The molecule has 1 saturated carbocycles. The van der Waals surface area contributed by atoms with Crippen LogP contribution >= 0.6 is 35.0 Å². The molecule has 1 aliphatic carbocycles. The SMILES string of the molecule is CNC1CCCC1Sc1ccc(Cl)c(Cl)c1. The molecule has 0 amide bonds. The molecule has 1 N–H and O–H groups in total. The van der Waals surface area contributed by atoms with Crippen LogP contribution in [0.5, 0.6) is 0 Å². The minimum absolute atomic E-state index is 0.624. The number of benzene rings is 1. The molecule has 0 spiro atoms. The van der Waals surface area contributed by atoms with Gasteiger partial charge in [-0.25, -0.2) is 0 Å². The predicted molar refractivity (Wildman–Crippen MR) is 72.8 cm³/mol. The Labute approximate surface area is 111 Å². The van der Waals surface area contributed by atoms with Crippen molar-refractivity contribution in [1.82, 2.24) is 5.32 Å². The van der Waals surface area contributed by atoms with Crippen LogP contribution in [0.1, 0.15) is 19.3 Å². The number of thioether (sulfide) groups is 1. The Balaban J connectivity index is 2.05. The average molecular weight is 276 g/mol. The molecule has 1 fully saturated rings. The van der Waals surface area contributed by atoms with Gasteiger partial charge in [-0.2, -0.15) is 0 Å². The Morgan fingerprint density at radius 3 is 2.75 bits per heavy atom. The second-order valence-corrected chi connectivity index (χ2v) is 6.19. The summed E-state index contributed by atoms with van der Waals surface area (Å²) in [4.78, 5) is 1.21. The van der Waals surface area contributed by atoms with Crippen molar-refractivity contribution in [2.45, 2.75) is 35.4 Å². The van der Waals surface area contributed by atoms with Crippen LogP contribution in [0.15, 0.2) is 23.1 Å². The Morgan fingerprint density at radius 1 is 1.25 bits per heavy atom. The summed E-state index contributed by atoms with van der Waals surface area (Å²) in [5, 5.41) is 5.31. The molecule has 16 heavy (non-hydrogen) atoms. The maximum absolute atomic E-state index is 6.01. The van der Waals surface area contributed by atoms with E-state index in [2.05, 4.69) is 5.32 Å². The highest BCUT2D eigenvalue weighted by atomic mass is 35.5. The lowest BCUT2D eigenvalue weighted by Gasteiger charge is -2.18. The van der Waals surface area contributed by atoms with Crippen molar-refractivity contribution in [2.75, 3.05) is 7.05 Å². The molecule has 1 nitrogen and oxygen atoms in total. The second-order valence-electron chi connectivity index (χ2n) is 4.06. The summed E-state index contributed by atoms with van der Waals surface area (Å²) in [5.74, 6) is 0. The van der Waals surface area contributed by atoms with E-state index >= 15 is 0 Å². The normalized spacial score (nSPS) is 24.9. The highest BCUT2D eigenvalue weighted by Gasteiger charge is 2.26. The van der Waals surface area contributed by atoms with Crippen molar-refractivity contribution in [3.63, 3.8) is 0 Å². The van der Waals surface area contributed by atoms with E-state index in [1.807, 2.05) is 37.0 Å². The first-order valence-electron chi connectivity index (χ1n) is 5.49. The molecule has 0 aromatic heterocycles. The van der Waals surface area contributed by atoms with Gasteiger partial charge in [0.05, 0.1) is 10.0 Å². The van der Waals surface area contributed by atoms with Gasteiger partial charge in [-0.1, -0.05) is 29.6 Å². The molecule has 2 atom stereocenters. The van der Waals surface area contributed by atoms with Crippen molar-refractivity contribution >= 4 is 35.0 Å². The Kier molecular flexibility index (Phi) is 4.42. The average Bonchev–Trinajstić information content (AvgIpc) is 2.71. The molecule has 0 aliphatic heterocycles. The molecule has 2 unspecified atom stereocenters. The van der Waals surface area contributed by atoms with Crippen LogP contribution in [0, 0.1) is 0 Å². The molecule has 88 valence electrons. The van der Waals surface area contributed by atoms with Gasteiger partial charge in [-0.3, -0.25) is 0 Å². The minimum Gasteiger partial charge on any atom is -0.316 e. The van der Waals surface area contributed by atoms with Gasteiger partial charge in [-0.05, 0) is 38.1 Å². The summed E-state index contributed by atoms with van der Waals surface area (Å²) >= 11 is 13.8. The summed E-state index contributed by atoms with van der Waals surface area (Å²) in [6, 6.07) is 6.50. The fraction of sp³-hybridized carbons (Fsp3) is 0.500. The first-order valence-corrected chi connectivity index (χ1v) is 7.13. The molecule has 4 heteroatoms. The Bertz CT molecular complexity index is 370. The van der Waals surface area contributed by atoms with Crippen LogP contribution in [-0.4, -0.2) is 18.3 Å². The molecular formula is C12H15Cl2NS. The number of halogens is 2. The van der Waals surface area contributed by atoms with Crippen LogP contribution < -0.4 is 5.32 Å². The van der Waals surface area contributed by atoms with E-state index in [4.69, 9.17) is 23.2 Å². The summed E-state index contributed by atoms with van der Waals surface area (Å²) in [5.41, 5.74) is 0. The monoisotopic (exact) mass is 275 g/mol. The zero-order valence-electron chi connectivity index (χ0n) is 9.17. The van der Waals surface area contributed by atoms with Gasteiger partial charge >= 0.3 is 0 Å². The van der Waals surface area contributed by atoms with Gasteiger partial charge in [0.1, 0.15) is 0 Å². The fourth-order valence-corrected chi connectivity index (χ4v) is 3.89. The van der Waals surface area contributed by atoms with Crippen LogP contribution in [0.2, 0.25) is 10.0 Å². The predicted octanol–water partition coefficient (Wildman–Crippen LogP) is 4.23. The van der Waals surface area contributed by atoms with Crippen molar-refractivity contribution < 1.29 is 0 Å². The number of hydrogen-bond acceptors (Lipinski definition) is 2. The third-order valence-corrected chi connectivity index (χ3v) is 5.13. The molecule has 0 bridgehead atoms. The summed E-state index contributed by atoms with van der Waals surface area (Å²) in [7, 11) is 2.04. The van der Waals surface area contributed by atoms with Gasteiger partial charge in [0.25, 0.3) is 0 Å². The summed E-state index contributed by atoms with van der Waals surface area (Å²) < 4.78 is 0. The standard InChI is InChI=1S/C12H15Cl2NS/c1-15-11-3-2-4-12(11)16-8-5-6-9(13)10(14)7-8/h5-7,11-12,15H,2-4H2,1H3. The second kappa shape index (κ2) is 5.63. The zero-order chi connectivity index (χ0) is 11.5. The molecule has 0 radical (unpaired) electrons. The molecule has 0 heterocycles. The minimum atomic E-state index is 0.624. The first kappa shape index (κ1) is 12.6. The number of nitrogens with one attached hydrogen (secondary N) is 1. The smallest absolute Gasteiger partial charge is 0.0603 e. The van der Waals surface area contributed by atoms with Crippen molar-refractivity contribution in [1.29, 1.82) is 0 Å². The Morgan fingerprint density at radius 2 is 2.06 bits per heavy atom. The van der Waals surface area contributed by atoms with Crippen LogP contribution in [0.4, 0.5) is 0 Å². The number of rotatable bonds is 3. The van der Waals surface area contributed by atoms with Crippen molar-refractivity contribution in [3.05, 3.63) is 28.2 Å². The molecule has 1 aromatic carbocycles. The highest BCUT2D eigenvalue weighted by Crippen LogP contribution is 2.37. The third-order valence-electron chi connectivity index (χ3n) is 3.00. The first-order chi connectivity index (χ1) is 7.70. The van der Waals surface area contributed by atoms with E-state index in [0.29, 0.717) is 21.3 Å². The third kappa shape index (κ3) is 2.86. The van der Waals surface area contributed by atoms with Gasteiger partial charge in [-0.15, -0.1) is 11.8 Å². The van der Waals surface area contributed by atoms with Gasteiger partial charge in [0.2, 0.25) is 0 Å². The van der Waals surface area contributed by atoms with E-state index in [1.165, 1.54) is 24.2 Å². The lowest BCUT2D eigenvalue weighted by atomic mass is 10.2. The van der Waals surface area contributed by atoms with E-state index in [0.717, 1.165) is 0 Å². The summed E-state index contributed by atoms with van der Waals surface area (Å²) in [6.45, 7) is 0. The topological polar surface area (TPSA) is 12.0 Å². The lowest BCUT2D eigenvalue weighted by molar-refractivity contribution is 0.591. The highest BCUT2D eigenvalue weighted by molar-refractivity contribution is 8.00. The van der Waals surface area contributed by atoms with Gasteiger partial charge in [0.15, 0.2) is 0 Å². The van der Waals surface area contributed by atoms with E-state index in [1.54, 1.807) is 0 Å². The zero-order valence-corrected chi connectivity index (χ0v) is 11.5. The molecule has 0 saturated heterocycles. The van der Waals surface area contributed by atoms with Crippen molar-refractivity contribution in [2.24, 2.45) is 0 Å².